The van der Waals surface area contributed by atoms with Crippen LogP contribution in [0.3, 0.4) is 0 Å². The molecule has 0 saturated carbocycles. The molecule has 0 spiro atoms. The fourth-order valence-corrected chi connectivity index (χ4v) is 3.31. The van der Waals surface area contributed by atoms with Gasteiger partial charge in [-0.3, -0.25) is 0 Å². The number of halogens is 1. The van der Waals surface area contributed by atoms with E-state index in [1.54, 1.807) is 12.1 Å². The van der Waals surface area contributed by atoms with Gasteiger partial charge in [-0.05, 0) is 73.5 Å². The summed E-state index contributed by atoms with van der Waals surface area (Å²) < 4.78 is 3.16. The number of aryl methyl sites for hydroxylation is 1. The van der Waals surface area contributed by atoms with Crippen LogP contribution in [0.25, 0.3) is 17.3 Å². The Labute approximate surface area is 166 Å². The zero-order valence-corrected chi connectivity index (χ0v) is 16.5. The maximum Gasteiger partial charge on any atom is 0.335 e. The van der Waals surface area contributed by atoms with E-state index in [0.29, 0.717) is 11.1 Å². The number of aromatic nitrogens is 1. The molecule has 3 rings (SSSR count). The molecule has 4 nitrogen and oxygen atoms in total. The summed E-state index contributed by atoms with van der Waals surface area (Å²) in [5, 5.41) is 18.6. The third-order valence-electron chi connectivity index (χ3n) is 4.42. The van der Waals surface area contributed by atoms with E-state index in [2.05, 4.69) is 26.6 Å². The lowest BCUT2D eigenvalue weighted by Crippen LogP contribution is -1.98. The van der Waals surface area contributed by atoms with Gasteiger partial charge >= 0.3 is 5.97 Å². The van der Waals surface area contributed by atoms with Crippen molar-refractivity contribution < 1.29 is 9.90 Å². The van der Waals surface area contributed by atoms with Crippen LogP contribution in [0.1, 0.15) is 32.9 Å². The first-order valence-corrected chi connectivity index (χ1v) is 9.10. The molecular formula is C22H17BrN2O2. The number of aromatic carboxylic acids is 1. The third kappa shape index (κ3) is 3.86. The van der Waals surface area contributed by atoms with Gasteiger partial charge in [-0.25, -0.2) is 4.79 Å². The van der Waals surface area contributed by atoms with Crippen LogP contribution in [0.15, 0.2) is 59.1 Å². The third-order valence-corrected chi connectivity index (χ3v) is 4.95. The highest BCUT2D eigenvalue weighted by Gasteiger charge is 2.11. The summed E-state index contributed by atoms with van der Waals surface area (Å²) in [6.07, 6.45) is 1.84. The van der Waals surface area contributed by atoms with Gasteiger partial charge in [-0.2, -0.15) is 5.26 Å². The number of allylic oxidation sites excluding steroid dienone is 1. The van der Waals surface area contributed by atoms with Crippen molar-refractivity contribution in [2.45, 2.75) is 13.8 Å². The molecule has 0 fully saturated rings. The summed E-state index contributed by atoms with van der Waals surface area (Å²) in [6.45, 7) is 4.05. The van der Waals surface area contributed by atoms with E-state index in [-0.39, 0.29) is 5.56 Å². The summed E-state index contributed by atoms with van der Waals surface area (Å²) >= 11 is 3.45. The molecule has 134 valence electrons. The number of carbonyl (C=O) groups is 1. The van der Waals surface area contributed by atoms with Gasteiger partial charge in [0.05, 0.1) is 17.2 Å². The van der Waals surface area contributed by atoms with Crippen LogP contribution in [-0.2, 0) is 0 Å². The molecular weight excluding hydrogens is 404 g/mol. The Kier molecular flexibility index (Phi) is 5.29. The summed E-state index contributed by atoms with van der Waals surface area (Å²) in [7, 11) is 0. The molecule has 0 aliphatic rings. The molecule has 0 radical (unpaired) electrons. The van der Waals surface area contributed by atoms with E-state index in [0.717, 1.165) is 27.1 Å². The Hall–Kier alpha value is -3.10. The van der Waals surface area contributed by atoms with Gasteiger partial charge in [0.15, 0.2) is 0 Å². The van der Waals surface area contributed by atoms with Gasteiger partial charge in [0, 0.05) is 21.5 Å². The molecule has 0 aliphatic carbocycles. The van der Waals surface area contributed by atoms with Crippen LogP contribution in [0.5, 0.6) is 0 Å². The standard InChI is InChI=1S/C22H17BrN2O2/c1-14-11-18(15(2)25(14)21-9-7-20(23)8-10-21)12-19(13-24)16-3-5-17(6-4-16)22(26)27/h3-12H,1-2H3,(H,26,27)/b19-12+. The van der Waals surface area contributed by atoms with Crippen LogP contribution in [0.2, 0.25) is 0 Å². The summed E-state index contributed by atoms with van der Waals surface area (Å²) in [5.41, 5.74) is 5.49. The monoisotopic (exact) mass is 420 g/mol. The van der Waals surface area contributed by atoms with Gasteiger partial charge in [0.25, 0.3) is 0 Å². The van der Waals surface area contributed by atoms with Crippen molar-refractivity contribution in [3.05, 3.63) is 87.1 Å². The lowest BCUT2D eigenvalue weighted by atomic mass is 10.0. The Morgan fingerprint density at radius 3 is 2.22 bits per heavy atom. The minimum Gasteiger partial charge on any atom is -0.478 e. The maximum atomic E-state index is 11.0. The Morgan fingerprint density at radius 1 is 1.07 bits per heavy atom. The molecule has 1 aromatic heterocycles. The van der Waals surface area contributed by atoms with E-state index in [1.807, 2.05) is 50.3 Å². The van der Waals surface area contributed by atoms with E-state index in [4.69, 9.17) is 5.11 Å². The minimum atomic E-state index is -0.984. The molecule has 0 aliphatic heterocycles. The highest BCUT2D eigenvalue weighted by atomic mass is 79.9. The first kappa shape index (κ1) is 18.7. The SMILES string of the molecule is Cc1cc(/C=C(\C#N)c2ccc(C(=O)O)cc2)c(C)n1-c1ccc(Br)cc1. The average Bonchev–Trinajstić information content (AvgIpc) is 2.94. The zero-order chi connectivity index (χ0) is 19.6. The largest absolute Gasteiger partial charge is 0.478 e. The van der Waals surface area contributed by atoms with Crippen molar-refractivity contribution in [3.63, 3.8) is 0 Å². The smallest absolute Gasteiger partial charge is 0.335 e. The molecule has 0 amide bonds. The lowest BCUT2D eigenvalue weighted by Gasteiger charge is -2.09. The Balaban J connectivity index is 2.03. The molecule has 0 saturated heterocycles. The van der Waals surface area contributed by atoms with E-state index in [9.17, 15) is 10.1 Å². The topological polar surface area (TPSA) is 66.0 Å². The Bertz CT molecular complexity index is 1070. The van der Waals surface area contributed by atoms with E-state index in [1.165, 1.54) is 12.1 Å². The molecule has 27 heavy (non-hydrogen) atoms. The number of benzene rings is 2. The molecule has 1 heterocycles. The van der Waals surface area contributed by atoms with Crippen LogP contribution in [0.4, 0.5) is 0 Å². The van der Waals surface area contributed by atoms with Crippen LogP contribution in [-0.4, -0.2) is 15.6 Å². The summed E-state index contributed by atoms with van der Waals surface area (Å²) in [5.74, 6) is -0.984. The minimum absolute atomic E-state index is 0.199. The fourth-order valence-electron chi connectivity index (χ4n) is 3.05. The molecule has 0 atom stereocenters. The zero-order valence-electron chi connectivity index (χ0n) is 14.9. The lowest BCUT2D eigenvalue weighted by molar-refractivity contribution is 0.0697. The van der Waals surface area contributed by atoms with Crippen molar-refractivity contribution in [3.8, 4) is 11.8 Å². The van der Waals surface area contributed by atoms with Crippen molar-refractivity contribution >= 4 is 33.5 Å². The maximum absolute atomic E-state index is 11.0. The van der Waals surface area contributed by atoms with Gasteiger partial charge in [-0.15, -0.1) is 0 Å². The molecule has 5 heteroatoms. The van der Waals surface area contributed by atoms with Crippen LogP contribution >= 0.6 is 15.9 Å². The predicted octanol–water partition coefficient (Wildman–Crippen LogP) is 5.62. The van der Waals surface area contributed by atoms with Gasteiger partial charge in [0.2, 0.25) is 0 Å². The quantitative estimate of drug-likeness (QED) is 0.556. The summed E-state index contributed by atoms with van der Waals surface area (Å²) in [4.78, 5) is 11.0. The van der Waals surface area contributed by atoms with Crippen molar-refractivity contribution in [2.75, 3.05) is 0 Å². The van der Waals surface area contributed by atoms with Crippen molar-refractivity contribution in [1.29, 1.82) is 5.26 Å². The van der Waals surface area contributed by atoms with Crippen molar-refractivity contribution in [1.82, 2.24) is 4.57 Å². The van der Waals surface area contributed by atoms with E-state index < -0.39 is 5.97 Å². The van der Waals surface area contributed by atoms with Crippen LogP contribution < -0.4 is 0 Å². The van der Waals surface area contributed by atoms with Crippen molar-refractivity contribution in [2.24, 2.45) is 0 Å². The summed E-state index contributed by atoms with van der Waals surface area (Å²) in [6, 6.07) is 18.7. The fraction of sp³-hybridized carbons (Fsp3) is 0.0909. The number of hydrogen-bond acceptors (Lipinski definition) is 2. The molecule has 0 unspecified atom stereocenters. The molecule has 3 aromatic rings. The predicted molar refractivity (Wildman–Crippen MR) is 110 cm³/mol. The number of carboxylic acids is 1. The van der Waals surface area contributed by atoms with E-state index >= 15 is 0 Å². The first-order chi connectivity index (χ1) is 12.9. The number of nitriles is 1. The average molecular weight is 421 g/mol. The highest BCUT2D eigenvalue weighted by Crippen LogP contribution is 2.26. The van der Waals surface area contributed by atoms with Gasteiger partial charge in [0.1, 0.15) is 0 Å². The molecule has 0 bridgehead atoms. The number of rotatable bonds is 4. The normalized spacial score (nSPS) is 11.3. The van der Waals surface area contributed by atoms with Gasteiger partial charge in [-0.1, -0.05) is 28.1 Å². The van der Waals surface area contributed by atoms with Gasteiger partial charge < -0.3 is 9.67 Å². The Morgan fingerprint density at radius 2 is 1.67 bits per heavy atom. The number of carboxylic acid groups (broad SMARTS) is 1. The second kappa shape index (κ2) is 7.65. The second-order valence-electron chi connectivity index (χ2n) is 6.19. The first-order valence-electron chi connectivity index (χ1n) is 8.31. The highest BCUT2D eigenvalue weighted by molar-refractivity contribution is 9.10. The van der Waals surface area contributed by atoms with Crippen LogP contribution in [0, 0.1) is 25.2 Å². The second-order valence-corrected chi connectivity index (χ2v) is 7.11. The number of nitrogens with zero attached hydrogens (tertiary/aromatic N) is 2. The molecule has 2 aromatic carbocycles. The molecule has 1 N–H and O–H groups in total. The number of hydrogen-bond donors (Lipinski definition) is 1.